The van der Waals surface area contributed by atoms with Crippen molar-refractivity contribution in [1.29, 1.82) is 0 Å². The van der Waals surface area contributed by atoms with E-state index in [0.717, 1.165) is 12.2 Å². The van der Waals surface area contributed by atoms with Gasteiger partial charge in [-0.15, -0.1) is 0 Å². The van der Waals surface area contributed by atoms with Gasteiger partial charge in [-0.05, 0) is 6.42 Å². The molecule has 0 aromatic carbocycles. The number of piperidine rings is 1. The van der Waals surface area contributed by atoms with Crippen molar-refractivity contribution in [1.82, 2.24) is 29.7 Å². The average molecular weight is 316 g/mol. The zero-order chi connectivity index (χ0) is 16.4. The second-order valence-electron chi connectivity index (χ2n) is 5.82. The molecule has 23 heavy (non-hydrogen) atoms. The van der Waals surface area contributed by atoms with Gasteiger partial charge in [0, 0.05) is 45.4 Å². The number of likely N-dealkylation sites (tertiary alicyclic amines) is 1. The topological polar surface area (TPSA) is 95.9 Å². The largest absolute Gasteiger partial charge is 0.350 e. The molecule has 8 nitrogen and oxygen atoms in total. The van der Waals surface area contributed by atoms with Crippen molar-refractivity contribution in [2.45, 2.75) is 18.9 Å². The number of aryl methyl sites for hydroxylation is 1. The Balaban J connectivity index is 1.75. The molecule has 2 aromatic heterocycles. The summed E-state index contributed by atoms with van der Waals surface area (Å²) >= 11 is 0. The summed E-state index contributed by atoms with van der Waals surface area (Å²) in [4.78, 5) is 36.9. The van der Waals surface area contributed by atoms with Gasteiger partial charge in [-0.25, -0.2) is 9.97 Å². The molecule has 1 saturated heterocycles. The third kappa shape index (κ3) is 2.96. The van der Waals surface area contributed by atoms with Gasteiger partial charge >= 0.3 is 0 Å². The van der Waals surface area contributed by atoms with E-state index in [2.05, 4.69) is 20.3 Å². The summed E-state index contributed by atoms with van der Waals surface area (Å²) in [6.45, 7) is 0.479. The number of carbonyl (C=O) groups is 2. The van der Waals surface area contributed by atoms with Crippen molar-refractivity contribution in [2.24, 2.45) is 13.0 Å². The van der Waals surface area contributed by atoms with Gasteiger partial charge < -0.3 is 19.8 Å². The standard InChI is InChI=1S/C15H20N6O2/c1-20-6-5-17-14(20)13-10(3-4-12(22)21(13)2)7-18-15(23)11-8-16-9-19-11/h5-6,8-10,13H,3-4,7H2,1-2H3,(H,16,19)(H,18,23)/t10-,13+/m1/s1. The fourth-order valence-corrected chi connectivity index (χ4v) is 3.07. The van der Waals surface area contributed by atoms with Crippen molar-refractivity contribution < 1.29 is 9.59 Å². The lowest BCUT2D eigenvalue weighted by Crippen LogP contribution is -2.45. The molecule has 0 spiro atoms. The highest BCUT2D eigenvalue weighted by atomic mass is 16.2. The number of aromatic amines is 1. The number of rotatable bonds is 4. The highest BCUT2D eigenvalue weighted by Gasteiger charge is 2.37. The molecule has 2 amide bonds. The first-order valence-electron chi connectivity index (χ1n) is 7.57. The second-order valence-corrected chi connectivity index (χ2v) is 5.82. The summed E-state index contributed by atoms with van der Waals surface area (Å²) < 4.78 is 1.92. The number of hydrogen-bond donors (Lipinski definition) is 2. The minimum atomic E-state index is -0.194. The zero-order valence-corrected chi connectivity index (χ0v) is 13.2. The van der Waals surface area contributed by atoms with Gasteiger partial charge in [-0.2, -0.15) is 0 Å². The third-order valence-corrected chi connectivity index (χ3v) is 4.38. The molecule has 3 heterocycles. The van der Waals surface area contributed by atoms with Crippen molar-refractivity contribution in [3.8, 4) is 0 Å². The van der Waals surface area contributed by atoms with Gasteiger partial charge in [0.1, 0.15) is 11.5 Å². The molecular formula is C15H20N6O2. The molecule has 8 heteroatoms. The first kappa shape index (κ1) is 15.3. The van der Waals surface area contributed by atoms with Gasteiger partial charge in [0.2, 0.25) is 5.91 Å². The molecule has 1 fully saturated rings. The van der Waals surface area contributed by atoms with Gasteiger partial charge in [0.05, 0.1) is 18.6 Å². The van der Waals surface area contributed by atoms with E-state index in [1.54, 1.807) is 18.1 Å². The van der Waals surface area contributed by atoms with Crippen molar-refractivity contribution in [2.75, 3.05) is 13.6 Å². The molecule has 3 rings (SSSR count). The second kappa shape index (κ2) is 6.23. The van der Waals surface area contributed by atoms with Crippen molar-refractivity contribution in [3.05, 3.63) is 36.4 Å². The van der Waals surface area contributed by atoms with E-state index in [0.29, 0.717) is 18.7 Å². The van der Waals surface area contributed by atoms with Gasteiger partial charge in [-0.1, -0.05) is 0 Å². The van der Waals surface area contributed by atoms with Crippen LogP contribution >= 0.6 is 0 Å². The van der Waals surface area contributed by atoms with Gasteiger partial charge in [0.25, 0.3) is 5.91 Å². The minimum Gasteiger partial charge on any atom is -0.350 e. The van der Waals surface area contributed by atoms with E-state index < -0.39 is 0 Å². The number of amides is 2. The van der Waals surface area contributed by atoms with Gasteiger partial charge in [0.15, 0.2) is 0 Å². The smallest absolute Gasteiger partial charge is 0.269 e. The van der Waals surface area contributed by atoms with Crippen LogP contribution in [0, 0.1) is 5.92 Å². The van der Waals surface area contributed by atoms with E-state index in [-0.39, 0.29) is 23.8 Å². The van der Waals surface area contributed by atoms with Crippen molar-refractivity contribution in [3.63, 3.8) is 0 Å². The van der Waals surface area contributed by atoms with Crippen LogP contribution in [-0.4, -0.2) is 49.8 Å². The molecule has 2 N–H and O–H groups in total. The maximum atomic E-state index is 12.1. The van der Waals surface area contributed by atoms with Crippen LogP contribution in [0.1, 0.15) is 35.2 Å². The SMILES string of the molecule is CN1C(=O)CC[C@H](CNC(=O)c2cnc[nH]2)[C@H]1c1nccn1C. The maximum Gasteiger partial charge on any atom is 0.269 e. The minimum absolute atomic E-state index is 0.106. The quantitative estimate of drug-likeness (QED) is 0.857. The molecule has 0 radical (unpaired) electrons. The average Bonchev–Trinajstić information content (AvgIpc) is 3.20. The summed E-state index contributed by atoms with van der Waals surface area (Å²) in [6, 6.07) is -0.140. The number of imidazole rings is 2. The van der Waals surface area contributed by atoms with Crippen LogP contribution in [0.4, 0.5) is 0 Å². The van der Waals surface area contributed by atoms with Crippen LogP contribution in [0.25, 0.3) is 0 Å². The fraction of sp³-hybridized carbons (Fsp3) is 0.467. The predicted molar refractivity (Wildman–Crippen MR) is 82.4 cm³/mol. The van der Waals surface area contributed by atoms with Crippen molar-refractivity contribution >= 4 is 11.8 Å². The Morgan fingerprint density at radius 3 is 2.96 bits per heavy atom. The highest BCUT2D eigenvalue weighted by molar-refractivity contribution is 5.91. The Kier molecular flexibility index (Phi) is 4.14. The monoisotopic (exact) mass is 316 g/mol. The Bertz CT molecular complexity index is 693. The lowest BCUT2D eigenvalue weighted by atomic mass is 9.88. The lowest BCUT2D eigenvalue weighted by Gasteiger charge is -2.38. The van der Waals surface area contributed by atoms with Gasteiger partial charge in [-0.3, -0.25) is 9.59 Å². The molecule has 1 aliphatic rings. The molecule has 0 bridgehead atoms. The molecular weight excluding hydrogens is 296 g/mol. The first-order chi connectivity index (χ1) is 11.1. The van der Waals surface area contributed by atoms with Crippen LogP contribution in [0.3, 0.4) is 0 Å². The molecule has 1 aliphatic heterocycles. The Hall–Kier alpha value is -2.64. The summed E-state index contributed by atoms with van der Waals surface area (Å²) in [5, 5.41) is 2.92. The van der Waals surface area contributed by atoms with Crippen LogP contribution < -0.4 is 5.32 Å². The van der Waals surface area contributed by atoms with Crippen LogP contribution in [-0.2, 0) is 11.8 Å². The van der Waals surface area contributed by atoms with E-state index >= 15 is 0 Å². The summed E-state index contributed by atoms with van der Waals surface area (Å²) in [5.74, 6) is 0.863. The zero-order valence-electron chi connectivity index (χ0n) is 13.2. The van der Waals surface area contributed by atoms with E-state index in [9.17, 15) is 9.59 Å². The van der Waals surface area contributed by atoms with E-state index in [4.69, 9.17) is 0 Å². The third-order valence-electron chi connectivity index (χ3n) is 4.38. The number of carbonyl (C=O) groups excluding carboxylic acids is 2. The molecule has 0 aliphatic carbocycles. The summed E-state index contributed by atoms with van der Waals surface area (Å²) in [6.07, 6.45) is 7.76. The first-order valence-corrected chi connectivity index (χ1v) is 7.57. The molecule has 122 valence electrons. The number of H-pyrrole nitrogens is 1. The molecule has 0 saturated carbocycles. The van der Waals surface area contributed by atoms with E-state index in [1.807, 2.05) is 17.8 Å². The highest BCUT2D eigenvalue weighted by Crippen LogP contribution is 2.34. The Morgan fingerprint density at radius 1 is 1.48 bits per heavy atom. The van der Waals surface area contributed by atoms with Crippen LogP contribution in [0.5, 0.6) is 0 Å². The molecule has 0 unspecified atom stereocenters. The number of hydrogen-bond acceptors (Lipinski definition) is 4. The number of nitrogens with one attached hydrogen (secondary N) is 2. The van der Waals surface area contributed by atoms with Crippen LogP contribution in [0.15, 0.2) is 24.9 Å². The molecule has 2 atom stereocenters. The lowest BCUT2D eigenvalue weighted by molar-refractivity contribution is -0.137. The number of nitrogens with zero attached hydrogens (tertiary/aromatic N) is 4. The Labute approximate surface area is 133 Å². The summed E-state index contributed by atoms with van der Waals surface area (Å²) in [7, 11) is 3.71. The summed E-state index contributed by atoms with van der Waals surface area (Å²) in [5.41, 5.74) is 0.429. The van der Waals surface area contributed by atoms with Crippen LogP contribution in [0.2, 0.25) is 0 Å². The van der Waals surface area contributed by atoms with E-state index in [1.165, 1.54) is 12.5 Å². The predicted octanol–water partition coefficient (Wildman–Crippen LogP) is 0.483. The Morgan fingerprint density at radius 2 is 2.30 bits per heavy atom. The molecule has 2 aromatic rings. The fourth-order valence-electron chi connectivity index (χ4n) is 3.07. The normalized spacial score (nSPS) is 21.5. The number of aromatic nitrogens is 4. The maximum absolute atomic E-state index is 12.1.